The van der Waals surface area contributed by atoms with Crippen molar-refractivity contribution in [2.24, 2.45) is 0 Å². The van der Waals surface area contributed by atoms with Gasteiger partial charge in [-0.2, -0.15) is 0 Å². The van der Waals surface area contributed by atoms with E-state index in [0.29, 0.717) is 5.69 Å². The lowest BCUT2D eigenvalue weighted by Gasteiger charge is -2.10. The molecule has 0 aliphatic heterocycles. The number of ether oxygens (including phenoxy) is 1. The van der Waals surface area contributed by atoms with Crippen LogP contribution in [0.15, 0.2) is 41.5 Å². The van der Waals surface area contributed by atoms with Crippen molar-refractivity contribution < 1.29 is 4.74 Å². The number of rotatable bonds is 3. The summed E-state index contributed by atoms with van der Waals surface area (Å²) in [4.78, 5) is 18.3. The molecule has 0 bridgehead atoms. The molecule has 17 heavy (non-hydrogen) atoms. The zero-order valence-corrected chi connectivity index (χ0v) is 9.81. The molecule has 4 heteroatoms. The second-order valence-corrected chi connectivity index (χ2v) is 3.96. The molecular weight excluding hydrogens is 216 g/mol. The third-order valence-corrected chi connectivity index (χ3v) is 2.19. The summed E-state index contributed by atoms with van der Waals surface area (Å²) in [6.45, 7) is 3.92. The Labute approximate surface area is 99.3 Å². The molecule has 0 aliphatic rings. The summed E-state index contributed by atoms with van der Waals surface area (Å²) >= 11 is 0. The summed E-state index contributed by atoms with van der Waals surface area (Å²) in [6, 6.07) is 7.37. The molecule has 1 aromatic heterocycles. The van der Waals surface area contributed by atoms with E-state index < -0.39 is 0 Å². The van der Waals surface area contributed by atoms with E-state index >= 15 is 0 Å². The van der Waals surface area contributed by atoms with Gasteiger partial charge >= 0.3 is 0 Å². The number of aromatic nitrogens is 2. The number of nitrogens with zero attached hydrogens (tertiary/aromatic N) is 1. The van der Waals surface area contributed by atoms with E-state index in [1.54, 1.807) is 6.20 Å². The number of hydrogen-bond donors (Lipinski definition) is 1. The lowest BCUT2D eigenvalue weighted by Crippen LogP contribution is -2.10. The van der Waals surface area contributed by atoms with Crippen LogP contribution in [-0.2, 0) is 0 Å². The molecule has 0 aliphatic carbocycles. The molecule has 0 spiro atoms. The largest absolute Gasteiger partial charge is 0.491 e. The van der Waals surface area contributed by atoms with E-state index in [9.17, 15) is 4.79 Å². The van der Waals surface area contributed by atoms with Gasteiger partial charge in [-0.3, -0.25) is 4.79 Å². The number of nitrogens with one attached hydrogen (secondary N) is 1. The standard InChI is InChI=1S/C13H14N2O2/c1-9(2)17-11-5-3-4-10(8-11)12-13(16)15-7-6-14-12/h3-9H,1-2H3,(H,15,16). The van der Waals surface area contributed by atoms with Crippen molar-refractivity contribution in [3.8, 4) is 17.0 Å². The fourth-order valence-corrected chi connectivity index (χ4v) is 1.55. The molecule has 1 N–H and O–H groups in total. The molecule has 0 radical (unpaired) electrons. The maximum absolute atomic E-state index is 11.6. The van der Waals surface area contributed by atoms with Gasteiger partial charge in [0.05, 0.1) is 6.10 Å². The first-order chi connectivity index (χ1) is 8.16. The summed E-state index contributed by atoms with van der Waals surface area (Å²) in [5.74, 6) is 0.738. The van der Waals surface area contributed by atoms with Crippen molar-refractivity contribution in [1.82, 2.24) is 9.97 Å². The quantitative estimate of drug-likeness (QED) is 0.879. The molecule has 0 amide bonds. The van der Waals surface area contributed by atoms with Crippen molar-refractivity contribution in [3.05, 3.63) is 47.0 Å². The molecule has 0 saturated carbocycles. The third-order valence-electron chi connectivity index (χ3n) is 2.19. The summed E-state index contributed by atoms with van der Waals surface area (Å²) in [7, 11) is 0. The lowest BCUT2D eigenvalue weighted by atomic mass is 10.1. The van der Waals surface area contributed by atoms with Gasteiger partial charge in [-0.15, -0.1) is 0 Å². The molecule has 0 atom stereocenters. The Morgan fingerprint density at radius 3 is 2.88 bits per heavy atom. The van der Waals surface area contributed by atoms with Gasteiger partial charge in [0, 0.05) is 18.0 Å². The second-order valence-electron chi connectivity index (χ2n) is 3.96. The maximum Gasteiger partial charge on any atom is 0.274 e. The van der Waals surface area contributed by atoms with Crippen molar-refractivity contribution in [2.45, 2.75) is 20.0 Å². The third kappa shape index (κ3) is 2.72. The Morgan fingerprint density at radius 2 is 2.18 bits per heavy atom. The minimum absolute atomic E-state index is 0.104. The van der Waals surface area contributed by atoms with Crippen LogP contribution in [0.4, 0.5) is 0 Å². The predicted molar refractivity (Wildman–Crippen MR) is 66.1 cm³/mol. The number of H-pyrrole nitrogens is 1. The smallest absolute Gasteiger partial charge is 0.274 e. The van der Waals surface area contributed by atoms with Crippen LogP contribution in [-0.4, -0.2) is 16.1 Å². The zero-order valence-electron chi connectivity index (χ0n) is 9.81. The maximum atomic E-state index is 11.6. The number of aromatic amines is 1. The Bertz CT molecular complexity index is 561. The number of hydrogen-bond acceptors (Lipinski definition) is 3. The molecule has 0 unspecified atom stereocenters. The van der Waals surface area contributed by atoms with Gasteiger partial charge < -0.3 is 9.72 Å². The van der Waals surface area contributed by atoms with Gasteiger partial charge in [0.15, 0.2) is 0 Å². The molecule has 88 valence electrons. The normalized spacial score (nSPS) is 10.5. The summed E-state index contributed by atoms with van der Waals surface area (Å²) in [5.41, 5.74) is 0.959. The Hall–Kier alpha value is -2.10. The van der Waals surface area contributed by atoms with Gasteiger partial charge in [-0.25, -0.2) is 4.98 Å². The summed E-state index contributed by atoms with van der Waals surface area (Å²) in [5, 5.41) is 0. The highest BCUT2D eigenvalue weighted by atomic mass is 16.5. The SMILES string of the molecule is CC(C)Oc1cccc(-c2ncc[nH]c2=O)c1. The van der Waals surface area contributed by atoms with Gasteiger partial charge in [-0.05, 0) is 26.0 Å². The van der Waals surface area contributed by atoms with Gasteiger partial charge in [0.1, 0.15) is 11.4 Å². The molecule has 1 aromatic carbocycles. The lowest BCUT2D eigenvalue weighted by molar-refractivity contribution is 0.242. The highest BCUT2D eigenvalue weighted by Crippen LogP contribution is 2.20. The molecular formula is C13H14N2O2. The van der Waals surface area contributed by atoms with Crippen molar-refractivity contribution in [3.63, 3.8) is 0 Å². The Morgan fingerprint density at radius 1 is 1.35 bits per heavy atom. The van der Waals surface area contributed by atoms with Crippen LogP contribution in [0, 0.1) is 0 Å². The Kier molecular flexibility index (Phi) is 3.23. The molecule has 0 fully saturated rings. The van der Waals surface area contributed by atoms with Crippen LogP contribution in [0.5, 0.6) is 5.75 Å². The van der Waals surface area contributed by atoms with Crippen LogP contribution >= 0.6 is 0 Å². The fourth-order valence-electron chi connectivity index (χ4n) is 1.55. The highest BCUT2D eigenvalue weighted by Gasteiger charge is 2.05. The zero-order chi connectivity index (χ0) is 12.3. The highest BCUT2D eigenvalue weighted by molar-refractivity contribution is 5.59. The van der Waals surface area contributed by atoms with Crippen molar-refractivity contribution >= 4 is 0 Å². The van der Waals surface area contributed by atoms with Crippen LogP contribution in [0.25, 0.3) is 11.3 Å². The fraction of sp³-hybridized carbons (Fsp3) is 0.231. The topological polar surface area (TPSA) is 55.0 Å². The van der Waals surface area contributed by atoms with Crippen LogP contribution in [0.1, 0.15) is 13.8 Å². The van der Waals surface area contributed by atoms with Crippen molar-refractivity contribution in [2.75, 3.05) is 0 Å². The molecule has 4 nitrogen and oxygen atoms in total. The first-order valence-electron chi connectivity index (χ1n) is 5.47. The van der Waals surface area contributed by atoms with E-state index in [-0.39, 0.29) is 11.7 Å². The van der Waals surface area contributed by atoms with Gasteiger partial charge in [-0.1, -0.05) is 12.1 Å². The minimum atomic E-state index is -0.200. The summed E-state index contributed by atoms with van der Waals surface area (Å²) < 4.78 is 5.58. The molecule has 2 rings (SSSR count). The van der Waals surface area contributed by atoms with Gasteiger partial charge in [0.2, 0.25) is 0 Å². The van der Waals surface area contributed by atoms with Gasteiger partial charge in [0.25, 0.3) is 5.56 Å². The van der Waals surface area contributed by atoms with Crippen LogP contribution in [0.2, 0.25) is 0 Å². The average molecular weight is 230 g/mol. The van der Waals surface area contributed by atoms with Crippen LogP contribution < -0.4 is 10.3 Å². The van der Waals surface area contributed by atoms with Crippen LogP contribution in [0.3, 0.4) is 0 Å². The molecule has 2 aromatic rings. The van der Waals surface area contributed by atoms with E-state index in [2.05, 4.69) is 9.97 Å². The van der Waals surface area contributed by atoms with E-state index in [0.717, 1.165) is 11.3 Å². The Balaban J connectivity index is 2.40. The van der Waals surface area contributed by atoms with Crippen molar-refractivity contribution in [1.29, 1.82) is 0 Å². The first-order valence-corrected chi connectivity index (χ1v) is 5.47. The predicted octanol–water partition coefficient (Wildman–Crippen LogP) is 2.22. The van der Waals surface area contributed by atoms with E-state index in [1.807, 2.05) is 38.1 Å². The summed E-state index contributed by atoms with van der Waals surface area (Å²) in [6.07, 6.45) is 3.18. The minimum Gasteiger partial charge on any atom is -0.491 e. The van der Waals surface area contributed by atoms with E-state index in [4.69, 9.17) is 4.74 Å². The molecule has 1 heterocycles. The average Bonchev–Trinajstić information content (AvgIpc) is 2.29. The first kappa shape index (κ1) is 11.4. The van der Waals surface area contributed by atoms with E-state index in [1.165, 1.54) is 6.20 Å². The monoisotopic (exact) mass is 230 g/mol. The molecule has 0 saturated heterocycles. The second kappa shape index (κ2) is 4.82. The number of benzene rings is 1.